The lowest BCUT2D eigenvalue weighted by Gasteiger charge is -2.15. The Kier molecular flexibility index (Phi) is 6.57. The molecule has 0 saturated carbocycles. The number of nitrogens with zero attached hydrogens (tertiary/aromatic N) is 6. The van der Waals surface area contributed by atoms with E-state index in [9.17, 15) is 18.0 Å². The highest BCUT2D eigenvalue weighted by Crippen LogP contribution is 2.33. The summed E-state index contributed by atoms with van der Waals surface area (Å²) < 4.78 is 40.1. The summed E-state index contributed by atoms with van der Waals surface area (Å²) in [5.74, 6) is -1.65. The molecule has 1 aromatic carbocycles. The van der Waals surface area contributed by atoms with Crippen LogP contribution in [0.15, 0.2) is 67.5 Å². The predicted molar refractivity (Wildman–Crippen MR) is 139 cm³/mol. The van der Waals surface area contributed by atoms with Crippen LogP contribution in [-0.2, 0) is 6.18 Å². The molecule has 12 heteroatoms. The second-order valence-corrected chi connectivity index (χ2v) is 9.99. The first kappa shape index (κ1) is 25.3. The number of carbonyl (C=O) groups excluding carboxylic acids is 1. The molecule has 38 heavy (non-hydrogen) atoms. The van der Waals surface area contributed by atoms with E-state index in [2.05, 4.69) is 20.3 Å². The van der Waals surface area contributed by atoms with Crippen LogP contribution in [0.5, 0.6) is 0 Å². The summed E-state index contributed by atoms with van der Waals surface area (Å²) in [7, 11) is 1.92. The van der Waals surface area contributed by atoms with Crippen molar-refractivity contribution in [1.82, 2.24) is 34.9 Å². The van der Waals surface area contributed by atoms with Gasteiger partial charge in [0.25, 0.3) is 5.91 Å². The van der Waals surface area contributed by atoms with Crippen molar-refractivity contribution in [3.05, 3.63) is 89.4 Å². The topological polar surface area (TPSA) is 88.8 Å². The molecule has 1 aliphatic heterocycles. The van der Waals surface area contributed by atoms with E-state index in [1.54, 1.807) is 29.9 Å². The first-order valence-corrected chi connectivity index (χ1v) is 12.4. The van der Waals surface area contributed by atoms with Gasteiger partial charge < -0.3 is 10.2 Å². The van der Waals surface area contributed by atoms with Crippen molar-refractivity contribution in [2.24, 2.45) is 0 Å². The summed E-state index contributed by atoms with van der Waals surface area (Å²) in [5, 5.41) is 9.12. The van der Waals surface area contributed by atoms with E-state index in [-0.39, 0.29) is 0 Å². The van der Waals surface area contributed by atoms with Gasteiger partial charge in [-0.1, -0.05) is 6.08 Å². The molecule has 194 valence electrons. The van der Waals surface area contributed by atoms with Crippen LogP contribution in [0.2, 0.25) is 0 Å². The maximum atomic E-state index is 13.3. The third kappa shape index (κ3) is 5.21. The van der Waals surface area contributed by atoms with Crippen LogP contribution in [0.1, 0.15) is 39.6 Å². The summed E-state index contributed by atoms with van der Waals surface area (Å²) in [4.78, 5) is 27.5. The van der Waals surface area contributed by atoms with Gasteiger partial charge >= 0.3 is 6.18 Å². The van der Waals surface area contributed by atoms with E-state index in [4.69, 9.17) is 5.10 Å². The minimum Gasteiger partial charge on any atom is -0.355 e. The Bertz CT molecular complexity index is 1600. The fourth-order valence-corrected chi connectivity index (χ4v) is 4.68. The molecule has 0 fully saturated rings. The van der Waals surface area contributed by atoms with Crippen LogP contribution in [0, 0.1) is 6.92 Å². The van der Waals surface area contributed by atoms with Gasteiger partial charge in [0.15, 0.2) is 0 Å². The molecule has 1 N–H and O–H groups in total. The lowest BCUT2D eigenvalue weighted by atomic mass is 10.1. The van der Waals surface area contributed by atoms with Crippen LogP contribution < -0.4 is 5.32 Å². The van der Waals surface area contributed by atoms with E-state index >= 15 is 0 Å². The van der Waals surface area contributed by atoms with Crippen molar-refractivity contribution in [2.75, 3.05) is 7.05 Å². The Morgan fingerprint density at radius 1 is 1.11 bits per heavy atom. The summed E-state index contributed by atoms with van der Waals surface area (Å²) in [6, 6.07) is 2.81. The second kappa shape index (κ2) is 9.86. The summed E-state index contributed by atoms with van der Waals surface area (Å²) in [5.41, 5.74) is 2.87. The Morgan fingerprint density at radius 2 is 1.87 bits per heavy atom. The Balaban J connectivity index is 1.50. The molecule has 0 saturated heterocycles. The molecule has 0 spiro atoms. The number of thiazole rings is 1. The van der Waals surface area contributed by atoms with Crippen LogP contribution in [0.25, 0.3) is 27.2 Å². The van der Waals surface area contributed by atoms with E-state index in [1.807, 2.05) is 55.7 Å². The molecule has 1 atom stereocenters. The fraction of sp³-hybridized carbons (Fsp3) is 0.192. The van der Waals surface area contributed by atoms with Crippen molar-refractivity contribution in [3.63, 3.8) is 0 Å². The average Bonchev–Trinajstić information content (AvgIpc) is 3.44. The van der Waals surface area contributed by atoms with Crippen LogP contribution in [0.4, 0.5) is 13.2 Å². The first-order valence-electron chi connectivity index (χ1n) is 11.5. The van der Waals surface area contributed by atoms with Crippen molar-refractivity contribution in [3.8, 4) is 10.6 Å². The van der Waals surface area contributed by atoms with E-state index in [0.717, 1.165) is 38.9 Å². The van der Waals surface area contributed by atoms with Gasteiger partial charge in [-0.3, -0.25) is 4.79 Å². The molecule has 5 rings (SSSR count). The summed E-state index contributed by atoms with van der Waals surface area (Å²) in [6.07, 6.45) is 10.8. The van der Waals surface area contributed by atoms with Gasteiger partial charge in [0.1, 0.15) is 5.01 Å². The largest absolute Gasteiger partial charge is 0.451 e. The van der Waals surface area contributed by atoms with Crippen molar-refractivity contribution < 1.29 is 18.0 Å². The van der Waals surface area contributed by atoms with E-state index < -0.39 is 23.9 Å². The first-order chi connectivity index (χ1) is 18.1. The number of amides is 1. The molecule has 1 aliphatic rings. The number of aromatic nitrogens is 5. The molecule has 8 nitrogen and oxygen atoms in total. The third-order valence-corrected chi connectivity index (χ3v) is 6.76. The van der Waals surface area contributed by atoms with Crippen molar-refractivity contribution in [1.29, 1.82) is 0 Å². The number of benzene rings is 1. The minimum atomic E-state index is -4.64. The maximum Gasteiger partial charge on any atom is 0.451 e. The van der Waals surface area contributed by atoms with Gasteiger partial charge in [-0.15, -0.1) is 11.3 Å². The zero-order valence-electron chi connectivity index (χ0n) is 20.6. The normalized spacial score (nSPS) is 14.5. The van der Waals surface area contributed by atoms with Gasteiger partial charge in [0.05, 0.1) is 17.3 Å². The number of hydrogen-bond acceptors (Lipinski definition) is 7. The second-order valence-electron chi connectivity index (χ2n) is 8.76. The number of halogens is 3. The summed E-state index contributed by atoms with van der Waals surface area (Å²) >= 11 is 1.50. The molecule has 0 unspecified atom stereocenters. The molecule has 4 aromatic rings. The Labute approximate surface area is 219 Å². The van der Waals surface area contributed by atoms with Gasteiger partial charge in [-0.2, -0.15) is 18.3 Å². The fourth-order valence-electron chi connectivity index (χ4n) is 3.88. The predicted octanol–water partition coefficient (Wildman–Crippen LogP) is 5.58. The smallest absolute Gasteiger partial charge is 0.355 e. The molecule has 1 amide bonds. The number of carbonyl (C=O) groups is 1. The van der Waals surface area contributed by atoms with Crippen LogP contribution in [-0.4, -0.2) is 42.6 Å². The summed E-state index contributed by atoms with van der Waals surface area (Å²) in [6.45, 7) is 3.60. The Morgan fingerprint density at radius 3 is 2.55 bits per heavy atom. The minimum absolute atomic E-state index is 0.342. The van der Waals surface area contributed by atoms with E-state index in [0.29, 0.717) is 16.6 Å². The van der Waals surface area contributed by atoms with Gasteiger partial charge in [0, 0.05) is 71.2 Å². The molecule has 0 bridgehead atoms. The number of aryl methyl sites for hydroxylation is 1. The number of fused-ring (bicyclic) bond motifs is 1. The maximum absolute atomic E-state index is 13.3. The van der Waals surface area contributed by atoms with Gasteiger partial charge in [0.2, 0.25) is 5.82 Å². The number of rotatable bonds is 5. The molecular formula is C26H22F3N7OS. The van der Waals surface area contributed by atoms with Crippen LogP contribution >= 0.6 is 11.3 Å². The van der Waals surface area contributed by atoms with Crippen molar-refractivity contribution >= 4 is 33.8 Å². The number of hydrogen-bond donors (Lipinski definition) is 1. The Hall–Kier alpha value is -4.32. The quantitative estimate of drug-likeness (QED) is 0.358. The molecule has 0 aliphatic carbocycles. The highest BCUT2D eigenvalue weighted by Gasteiger charge is 2.34. The number of allylic oxidation sites excluding steroid dienone is 4. The average molecular weight is 538 g/mol. The molecule has 0 radical (unpaired) electrons. The standard InChI is InChI=1S/C26H22F3N7OS/c1-15-10-30-24(38-15)20-8-17(23(37)33-16(2)18-11-31-25(32-12-18)26(27,28)29)9-22-21(20)14-36(34-22)19-6-4-5-7-35(3)13-19/h4-14,16H,1-3H3,(H,33,37)/t16-/m1/s1. The molecule has 4 heterocycles. The van der Waals surface area contributed by atoms with Crippen molar-refractivity contribution in [2.45, 2.75) is 26.1 Å². The highest BCUT2D eigenvalue weighted by atomic mass is 32.1. The SMILES string of the molecule is Cc1cnc(-c2cc(C(=O)N[C@H](C)c3cnc(C(F)(F)F)nc3)cc3nn(C4=CN(C)C=CC=C4)cc23)s1. The zero-order valence-corrected chi connectivity index (χ0v) is 21.4. The third-order valence-electron chi connectivity index (χ3n) is 5.81. The highest BCUT2D eigenvalue weighted by molar-refractivity contribution is 7.15. The lowest BCUT2D eigenvalue weighted by molar-refractivity contribution is -0.145. The van der Waals surface area contributed by atoms with Crippen LogP contribution in [0.3, 0.4) is 0 Å². The van der Waals surface area contributed by atoms with E-state index in [1.165, 1.54) is 11.3 Å². The lowest BCUT2D eigenvalue weighted by Crippen LogP contribution is -2.27. The number of nitrogens with one attached hydrogen (secondary N) is 1. The molecule has 3 aromatic heterocycles. The zero-order chi connectivity index (χ0) is 27.0. The molecular weight excluding hydrogens is 515 g/mol. The monoisotopic (exact) mass is 537 g/mol. The number of alkyl halides is 3. The van der Waals surface area contributed by atoms with Gasteiger partial charge in [-0.05, 0) is 38.1 Å². The van der Waals surface area contributed by atoms with Gasteiger partial charge in [-0.25, -0.2) is 19.6 Å².